The summed E-state index contributed by atoms with van der Waals surface area (Å²) in [6.45, 7) is 2.45. The maximum atomic E-state index is 12.2. The standard InChI is InChI=1S/C14H15IN2OS/c1-10-13(15)14(18)17(9-16-10)7-12(8-19)11-5-3-2-4-6-11/h2-6,9,12,19H,7-8H2,1H3. The zero-order chi connectivity index (χ0) is 13.8. The van der Waals surface area contributed by atoms with Crippen LogP contribution < -0.4 is 5.56 Å². The summed E-state index contributed by atoms with van der Waals surface area (Å²) in [5, 5.41) is 0. The van der Waals surface area contributed by atoms with Gasteiger partial charge in [0, 0.05) is 12.5 Å². The van der Waals surface area contributed by atoms with E-state index in [1.54, 1.807) is 10.9 Å². The number of rotatable bonds is 4. The molecule has 0 bridgehead atoms. The number of nitrogens with zero attached hydrogens (tertiary/aromatic N) is 2. The van der Waals surface area contributed by atoms with Gasteiger partial charge in [0.25, 0.3) is 5.56 Å². The largest absolute Gasteiger partial charge is 0.298 e. The van der Waals surface area contributed by atoms with E-state index in [-0.39, 0.29) is 11.5 Å². The van der Waals surface area contributed by atoms with Crippen molar-refractivity contribution in [2.24, 2.45) is 0 Å². The van der Waals surface area contributed by atoms with Crippen molar-refractivity contribution < 1.29 is 0 Å². The molecule has 0 saturated heterocycles. The van der Waals surface area contributed by atoms with Gasteiger partial charge in [-0.05, 0) is 40.8 Å². The molecule has 5 heteroatoms. The van der Waals surface area contributed by atoms with Gasteiger partial charge in [-0.2, -0.15) is 12.6 Å². The lowest BCUT2D eigenvalue weighted by Crippen LogP contribution is -2.27. The van der Waals surface area contributed by atoms with Gasteiger partial charge in [-0.15, -0.1) is 0 Å². The average molecular weight is 386 g/mol. The summed E-state index contributed by atoms with van der Waals surface area (Å²) in [6, 6.07) is 10.1. The summed E-state index contributed by atoms with van der Waals surface area (Å²) in [5.41, 5.74) is 2.00. The molecular weight excluding hydrogens is 371 g/mol. The fraction of sp³-hybridized carbons (Fsp3) is 0.286. The Bertz CT molecular complexity index is 613. The predicted molar refractivity (Wildman–Crippen MR) is 89.0 cm³/mol. The third-order valence-electron chi connectivity index (χ3n) is 3.07. The molecule has 0 fully saturated rings. The number of benzene rings is 1. The van der Waals surface area contributed by atoms with Gasteiger partial charge in [0.05, 0.1) is 15.6 Å². The fourth-order valence-corrected chi connectivity index (χ4v) is 2.68. The van der Waals surface area contributed by atoms with Gasteiger partial charge in [-0.1, -0.05) is 30.3 Å². The molecule has 100 valence electrons. The highest BCUT2D eigenvalue weighted by molar-refractivity contribution is 14.1. The van der Waals surface area contributed by atoms with Crippen LogP contribution >= 0.6 is 35.2 Å². The average Bonchev–Trinajstić information content (AvgIpc) is 2.45. The smallest absolute Gasteiger partial charge is 0.267 e. The first-order chi connectivity index (χ1) is 9.13. The molecule has 2 aromatic rings. The molecule has 0 aliphatic rings. The molecule has 0 N–H and O–H groups in total. The lowest BCUT2D eigenvalue weighted by molar-refractivity contribution is 0.574. The SMILES string of the molecule is Cc1ncn(CC(CS)c2ccccc2)c(=O)c1I. The molecule has 1 aromatic carbocycles. The molecule has 0 amide bonds. The van der Waals surface area contributed by atoms with Crippen LogP contribution in [-0.2, 0) is 6.54 Å². The monoisotopic (exact) mass is 386 g/mol. The van der Waals surface area contributed by atoms with Crippen LogP contribution in [0.1, 0.15) is 17.2 Å². The van der Waals surface area contributed by atoms with E-state index in [0.29, 0.717) is 15.9 Å². The minimum absolute atomic E-state index is 0.0239. The highest BCUT2D eigenvalue weighted by atomic mass is 127. The Hall–Kier alpha value is -0.820. The summed E-state index contributed by atoms with van der Waals surface area (Å²) < 4.78 is 2.36. The van der Waals surface area contributed by atoms with Gasteiger partial charge >= 0.3 is 0 Å². The number of hydrogen-bond acceptors (Lipinski definition) is 3. The van der Waals surface area contributed by atoms with Crippen LogP contribution in [0.15, 0.2) is 41.5 Å². The Morgan fingerprint density at radius 1 is 1.37 bits per heavy atom. The number of halogens is 1. The minimum Gasteiger partial charge on any atom is -0.298 e. The first kappa shape index (κ1) is 14.6. The number of thiol groups is 1. The van der Waals surface area contributed by atoms with Crippen LogP contribution in [-0.4, -0.2) is 15.3 Å². The molecule has 0 saturated carbocycles. The van der Waals surface area contributed by atoms with Crippen LogP contribution in [0.2, 0.25) is 0 Å². The van der Waals surface area contributed by atoms with Crippen molar-refractivity contribution in [1.82, 2.24) is 9.55 Å². The first-order valence-electron chi connectivity index (χ1n) is 6.01. The molecule has 1 aromatic heterocycles. The van der Waals surface area contributed by atoms with Crippen molar-refractivity contribution in [3.8, 4) is 0 Å². The molecular formula is C14H15IN2OS. The summed E-state index contributed by atoms with van der Waals surface area (Å²) in [7, 11) is 0. The van der Waals surface area contributed by atoms with E-state index < -0.39 is 0 Å². The topological polar surface area (TPSA) is 34.9 Å². The summed E-state index contributed by atoms with van der Waals surface area (Å²) in [6.07, 6.45) is 1.62. The van der Waals surface area contributed by atoms with Crippen molar-refractivity contribution >= 4 is 35.2 Å². The Kier molecular flexibility index (Phi) is 5.04. The van der Waals surface area contributed by atoms with E-state index in [1.807, 2.05) is 25.1 Å². The zero-order valence-electron chi connectivity index (χ0n) is 10.6. The van der Waals surface area contributed by atoms with Crippen LogP contribution in [0, 0.1) is 10.5 Å². The highest BCUT2D eigenvalue weighted by Crippen LogP contribution is 2.18. The van der Waals surface area contributed by atoms with Crippen molar-refractivity contribution in [2.75, 3.05) is 5.75 Å². The Labute approximate surface area is 131 Å². The van der Waals surface area contributed by atoms with Crippen molar-refractivity contribution in [1.29, 1.82) is 0 Å². The molecule has 0 aliphatic carbocycles. The van der Waals surface area contributed by atoms with Gasteiger partial charge < -0.3 is 0 Å². The Morgan fingerprint density at radius 2 is 2.05 bits per heavy atom. The second-order valence-corrected chi connectivity index (χ2v) is 5.84. The summed E-state index contributed by atoms with van der Waals surface area (Å²) >= 11 is 6.45. The molecule has 0 radical (unpaired) electrons. The lowest BCUT2D eigenvalue weighted by Gasteiger charge is -2.16. The second-order valence-electron chi connectivity index (χ2n) is 4.39. The van der Waals surface area contributed by atoms with Crippen molar-refractivity contribution in [3.63, 3.8) is 0 Å². The molecule has 0 spiro atoms. The van der Waals surface area contributed by atoms with Crippen LogP contribution in [0.25, 0.3) is 0 Å². The number of aromatic nitrogens is 2. The van der Waals surface area contributed by atoms with Gasteiger partial charge in [-0.25, -0.2) is 4.98 Å². The molecule has 3 nitrogen and oxygen atoms in total. The maximum absolute atomic E-state index is 12.2. The minimum atomic E-state index is 0.0239. The van der Waals surface area contributed by atoms with Gasteiger partial charge in [0.2, 0.25) is 0 Å². The van der Waals surface area contributed by atoms with E-state index in [4.69, 9.17) is 0 Å². The third kappa shape index (κ3) is 3.39. The van der Waals surface area contributed by atoms with Gasteiger partial charge in [-0.3, -0.25) is 9.36 Å². The summed E-state index contributed by atoms with van der Waals surface area (Å²) in [4.78, 5) is 16.4. The van der Waals surface area contributed by atoms with Crippen LogP contribution in [0.3, 0.4) is 0 Å². The quantitative estimate of drug-likeness (QED) is 0.648. The van der Waals surface area contributed by atoms with Gasteiger partial charge in [0.15, 0.2) is 0 Å². The van der Waals surface area contributed by atoms with E-state index in [9.17, 15) is 4.79 Å². The molecule has 1 heterocycles. The first-order valence-corrected chi connectivity index (χ1v) is 7.72. The maximum Gasteiger partial charge on any atom is 0.267 e. The predicted octanol–water partition coefficient (Wildman–Crippen LogP) is 2.87. The zero-order valence-corrected chi connectivity index (χ0v) is 13.6. The lowest BCUT2D eigenvalue weighted by atomic mass is 10.0. The molecule has 1 atom stereocenters. The van der Waals surface area contributed by atoms with E-state index in [0.717, 1.165) is 5.69 Å². The van der Waals surface area contributed by atoms with E-state index >= 15 is 0 Å². The highest BCUT2D eigenvalue weighted by Gasteiger charge is 2.13. The Balaban J connectivity index is 2.30. The van der Waals surface area contributed by atoms with Crippen molar-refractivity contribution in [2.45, 2.75) is 19.4 Å². The normalized spacial score (nSPS) is 12.4. The Morgan fingerprint density at radius 3 is 2.68 bits per heavy atom. The second kappa shape index (κ2) is 6.56. The van der Waals surface area contributed by atoms with Crippen LogP contribution in [0.5, 0.6) is 0 Å². The molecule has 1 unspecified atom stereocenters. The third-order valence-corrected chi connectivity index (χ3v) is 4.75. The van der Waals surface area contributed by atoms with Crippen LogP contribution in [0.4, 0.5) is 0 Å². The molecule has 19 heavy (non-hydrogen) atoms. The number of hydrogen-bond donors (Lipinski definition) is 1. The van der Waals surface area contributed by atoms with Crippen molar-refractivity contribution in [3.05, 3.63) is 61.8 Å². The molecule has 0 aliphatic heterocycles. The van der Waals surface area contributed by atoms with E-state index in [1.165, 1.54) is 5.56 Å². The van der Waals surface area contributed by atoms with Gasteiger partial charge in [0.1, 0.15) is 0 Å². The molecule has 2 rings (SSSR count). The fourth-order valence-electron chi connectivity index (χ4n) is 1.91. The number of aryl methyl sites for hydroxylation is 1. The summed E-state index contributed by atoms with van der Waals surface area (Å²) in [5.74, 6) is 0.906. The van der Waals surface area contributed by atoms with E-state index in [2.05, 4.69) is 52.3 Å².